The Bertz CT molecular complexity index is 248. The number of hydroxylamine groups is 2. The van der Waals surface area contributed by atoms with Gasteiger partial charge in [0.05, 0.1) is 0 Å². The average Bonchev–Trinajstić information content (AvgIpc) is 2.36. The van der Waals surface area contributed by atoms with Crippen molar-refractivity contribution in [2.75, 3.05) is 0 Å². The molecular formula is C14H30N2O2. The summed E-state index contributed by atoms with van der Waals surface area (Å²) in [5, 5.41) is 1.95. The van der Waals surface area contributed by atoms with Crippen LogP contribution in [0.25, 0.3) is 0 Å². The van der Waals surface area contributed by atoms with Crippen LogP contribution in [0.2, 0.25) is 0 Å². The minimum absolute atomic E-state index is 0.0701. The number of rotatable bonds is 6. The molecule has 0 aliphatic heterocycles. The van der Waals surface area contributed by atoms with Crippen LogP contribution in [0.5, 0.6) is 0 Å². The van der Waals surface area contributed by atoms with Gasteiger partial charge in [-0.25, -0.2) is 0 Å². The fourth-order valence-electron chi connectivity index (χ4n) is 3.14. The zero-order chi connectivity index (χ0) is 13.8. The highest BCUT2D eigenvalue weighted by atomic mass is 17.3. The highest BCUT2D eigenvalue weighted by Crippen LogP contribution is 2.40. The van der Waals surface area contributed by atoms with Crippen LogP contribution in [-0.4, -0.2) is 16.1 Å². The Labute approximate surface area is 112 Å². The van der Waals surface area contributed by atoms with Gasteiger partial charge in [0.2, 0.25) is 0 Å². The van der Waals surface area contributed by atoms with Crippen molar-refractivity contribution in [2.24, 2.45) is 11.8 Å². The van der Waals surface area contributed by atoms with Crippen molar-refractivity contribution in [1.82, 2.24) is 5.06 Å². The molecule has 0 aromatic heterocycles. The van der Waals surface area contributed by atoms with Gasteiger partial charge in [-0.15, -0.1) is 15.0 Å². The Kier molecular flexibility index (Phi) is 5.59. The van der Waals surface area contributed by atoms with E-state index in [4.69, 9.17) is 10.9 Å². The predicted molar refractivity (Wildman–Crippen MR) is 73.2 cm³/mol. The van der Waals surface area contributed by atoms with Crippen LogP contribution < -0.4 is 5.90 Å². The van der Waals surface area contributed by atoms with E-state index in [9.17, 15) is 0 Å². The van der Waals surface area contributed by atoms with Crippen LogP contribution in [0, 0.1) is 5.92 Å². The van der Waals surface area contributed by atoms with Crippen LogP contribution in [0.1, 0.15) is 73.1 Å². The molecule has 0 saturated heterocycles. The number of nitrogens with two attached hydrogens (primary N) is 1. The molecule has 1 rings (SSSR count). The van der Waals surface area contributed by atoms with Gasteiger partial charge in [-0.3, -0.25) is 0 Å². The largest absolute Gasteiger partial charge is 0.181 e. The molecule has 4 nitrogen and oxygen atoms in total. The molecule has 1 aliphatic carbocycles. The maximum atomic E-state index is 5.33. The van der Waals surface area contributed by atoms with Gasteiger partial charge in [0, 0.05) is 11.1 Å². The van der Waals surface area contributed by atoms with Crippen molar-refractivity contribution in [3.05, 3.63) is 0 Å². The summed E-state index contributed by atoms with van der Waals surface area (Å²) in [6.07, 6.45) is 7.49. The van der Waals surface area contributed by atoms with Gasteiger partial charge in [-0.05, 0) is 52.9 Å². The van der Waals surface area contributed by atoms with Crippen LogP contribution in [0.4, 0.5) is 0 Å². The molecule has 0 aromatic rings. The smallest absolute Gasteiger partial charge is 0.0471 e. The number of nitrogens with zero attached hydrogens (tertiary/aromatic N) is 1. The Hall–Kier alpha value is -0.160. The molecule has 0 radical (unpaired) electrons. The maximum absolute atomic E-state index is 5.33. The fraction of sp³-hybridized carbons (Fsp3) is 1.00. The summed E-state index contributed by atoms with van der Waals surface area (Å²) in [5.74, 6) is 5.77. The molecule has 18 heavy (non-hydrogen) atoms. The zero-order valence-corrected chi connectivity index (χ0v) is 12.7. The first-order chi connectivity index (χ1) is 8.36. The van der Waals surface area contributed by atoms with Crippen molar-refractivity contribution in [3.8, 4) is 0 Å². The lowest BCUT2D eigenvalue weighted by molar-refractivity contribution is -0.478. The van der Waals surface area contributed by atoms with Crippen LogP contribution in [0.3, 0.4) is 0 Å². The van der Waals surface area contributed by atoms with E-state index in [-0.39, 0.29) is 11.1 Å². The summed E-state index contributed by atoms with van der Waals surface area (Å²) in [4.78, 5) is 9.82. The molecule has 0 aromatic carbocycles. The Morgan fingerprint density at radius 1 is 1.11 bits per heavy atom. The lowest BCUT2D eigenvalue weighted by Crippen LogP contribution is -2.58. The molecule has 0 heterocycles. The maximum Gasteiger partial charge on any atom is 0.0471 e. The van der Waals surface area contributed by atoms with E-state index < -0.39 is 0 Å². The van der Waals surface area contributed by atoms with E-state index >= 15 is 0 Å². The Morgan fingerprint density at radius 2 is 1.67 bits per heavy atom. The average molecular weight is 258 g/mol. The molecule has 2 N–H and O–H groups in total. The van der Waals surface area contributed by atoms with Gasteiger partial charge in [0.1, 0.15) is 0 Å². The van der Waals surface area contributed by atoms with E-state index in [0.29, 0.717) is 5.92 Å². The fourth-order valence-corrected chi connectivity index (χ4v) is 3.14. The van der Waals surface area contributed by atoms with Gasteiger partial charge < -0.3 is 0 Å². The third kappa shape index (κ3) is 3.44. The summed E-state index contributed by atoms with van der Waals surface area (Å²) in [6.45, 7) is 11.0. The number of hydrogen-bond acceptors (Lipinski definition) is 4. The third-order valence-electron chi connectivity index (χ3n) is 4.66. The SMILES string of the molecule is CCC(C)(C)N(OON)C(C)(C)C1CCCCC1. The summed E-state index contributed by atoms with van der Waals surface area (Å²) >= 11 is 0. The van der Waals surface area contributed by atoms with Crippen LogP contribution in [0.15, 0.2) is 0 Å². The molecule has 0 unspecified atom stereocenters. The van der Waals surface area contributed by atoms with Gasteiger partial charge in [0.15, 0.2) is 0 Å². The van der Waals surface area contributed by atoms with Crippen molar-refractivity contribution in [1.29, 1.82) is 0 Å². The van der Waals surface area contributed by atoms with Crippen molar-refractivity contribution in [2.45, 2.75) is 84.2 Å². The summed E-state index contributed by atoms with van der Waals surface area (Å²) in [6, 6.07) is 0. The van der Waals surface area contributed by atoms with E-state index in [1.165, 1.54) is 32.1 Å². The quantitative estimate of drug-likeness (QED) is 0.584. The Morgan fingerprint density at radius 3 is 2.11 bits per heavy atom. The molecule has 4 heteroatoms. The first-order valence-electron chi connectivity index (χ1n) is 7.20. The van der Waals surface area contributed by atoms with Crippen molar-refractivity contribution < 1.29 is 9.98 Å². The zero-order valence-electron chi connectivity index (χ0n) is 12.7. The second-order valence-corrected chi connectivity index (χ2v) is 6.62. The van der Waals surface area contributed by atoms with Gasteiger partial charge in [-0.1, -0.05) is 26.2 Å². The molecule has 108 valence electrons. The second kappa shape index (κ2) is 6.33. The monoisotopic (exact) mass is 258 g/mol. The molecule has 0 amide bonds. The normalized spacial score (nSPS) is 19.5. The molecule has 1 fully saturated rings. The number of hydrogen-bond donors (Lipinski definition) is 1. The first-order valence-corrected chi connectivity index (χ1v) is 7.20. The molecule has 1 saturated carbocycles. The van der Waals surface area contributed by atoms with Crippen molar-refractivity contribution >= 4 is 0 Å². The van der Waals surface area contributed by atoms with Crippen LogP contribution in [-0.2, 0) is 9.98 Å². The molecule has 0 atom stereocenters. The molecule has 0 spiro atoms. The topological polar surface area (TPSA) is 47.7 Å². The molecule has 0 bridgehead atoms. The van der Waals surface area contributed by atoms with Gasteiger partial charge in [-0.2, -0.15) is 5.90 Å². The lowest BCUT2D eigenvalue weighted by atomic mass is 9.75. The Balaban J connectivity index is 2.87. The molecule has 1 aliphatic rings. The first kappa shape index (κ1) is 15.9. The minimum Gasteiger partial charge on any atom is -0.181 e. The second-order valence-electron chi connectivity index (χ2n) is 6.62. The standard InChI is InChI=1S/C14H30N2O2/c1-6-13(2,3)16(18-17-15)14(4,5)12-10-8-7-9-11-12/h12H,6-11,15H2,1-5H3. The summed E-state index contributed by atoms with van der Waals surface area (Å²) in [5.41, 5.74) is -0.167. The van der Waals surface area contributed by atoms with E-state index in [1.807, 2.05) is 5.06 Å². The van der Waals surface area contributed by atoms with Gasteiger partial charge in [0.25, 0.3) is 0 Å². The minimum atomic E-state index is -0.0969. The van der Waals surface area contributed by atoms with E-state index in [2.05, 4.69) is 39.6 Å². The van der Waals surface area contributed by atoms with Crippen LogP contribution >= 0.6 is 0 Å². The van der Waals surface area contributed by atoms with E-state index in [1.54, 1.807) is 0 Å². The molecular weight excluding hydrogens is 228 g/mol. The highest BCUT2D eigenvalue weighted by Gasteiger charge is 2.44. The van der Waals surface area contributed by atoms with Crippen molar-refractivity contribution in [3.63, 3.8) is 0 Å². The summed E-state index contributed by atoms with van der Waals surface area (Å²) in [7, 11) is 0. The third-order valence-corrected chi connectivity index (χ3v) is 4.66. The predicted octanol–water partition coefficient (Wildman–Crippen LogP) is 3.57. The lowest BCUT2D eigenvalue weighted by Gasteiger charge is -2.49. The summed E-state index contributed by atoms with van der Waals surface area (Å²) < 4.78 is 0. The van der Waals surface area contributed by atoms with Gasteiger partial charge >= 0.3 is 0 Å². The van der Waals surface area contributed by atoms with E-state index in [0.717, 1.165) is 6.42 Å². The highest BCUT2D eigenvalue weighted by molar-refractivity contribution is 4.92.